The maximum atomic E-state index is 2.46. The zero-order valence-corrected chi connectivity index (χ0v) is 31.4. The molecule has 2 heterocycles. The fourth-order valence-corrected chi connectivity index (χ4v) is 10.8. The lowest BCUT2D eigenvalue weighted by Crippen LogP contribution is -2.10. The Morgan fingerprint density at radius 1 is 0.327 bits per heavy atom. The molecule has 0 aliphatic carbocycles. The van der Waals surface area contributed by atoms with Crippen molar-refractivity contribution in [3.63, 3.8) is 0 Å². The van der Waals surface area contributed by atoms with Crippen LogP contribution < -0.4 is 4.90 Å². The topological polar surface area (TPSA) is 3.24 Å². The summed E-state index contributed by atoms with van der Waals surface area (Å²) in [4.78, 5) is 2.46. The molecule has 0 radical (unpaired) electrons. The van der Waals surface area contributed by atoms with Crippen LogP contribution in [0.5, 0.6) is 0 Å². The summed E-state index contributed by atoms with van der Waals surface area (Å²) in [5, 5.41) is 7.72. The third kappa shape index (κ3) is 5.35. The summed E-state index contributed by atoms with van der Waals surface area (Å²) in [5.41, 5.74) is 10.8. The predicted molar refractivity (Wildman–Crippen MR) is 241 cm³/mol. The van der Waals surface area contributed by atoms with Crippen molar-refractivity contribution < 1.29 is 0 Å². The zero-order valence-electron chi connectivity index (χ0n) is 29.8. The molecule has 0 aliphatic heterocycles. The van der Waals surface area contributed by atoms with Crippen molar-refractivity contribution in [2.45, 2.75) is 0 Å². The van der Waals surface area contributed by atoms with Crippen LogP contribution in [0.3, 0.4) is 0 Å². The first-order valence-electron chi connectivity index (χ1n) is 18.7. The quantitative estimate of drug-likeness (QED) is 0.164. The SMILES string of the molecule is c1ccc(-c2cccc3c2sc2c(N(c4ccc(-c5cccc6sc7ccccc7c56)cc4)c4cccc(-c5cccc6ccccc56)c4)cccc23)cc1. The summed E-state index contributed by atoms with van der Waals surface area (Å²) in [6.07, 6.45) is 0. The van der Waals surface area contributed by atoms with E-state index in [2.05, 4.69) is 205 Å². The van der Waals surface area contributed by atoms with E-state index >= 15 is 0 Å². The van der Waals surface area contributed by atoms with Gasteiger partial charge < -0.3 is 4.90 Å². The Labute approximate surface area is 327 Å². The minimum absolute atomic E-state index is 1.12. The average Bonchev–Trinajstić information content (AvgIpc) is 3.84. The molecule has 0 atom stereocenters. The Morgan fingerprint density at radius 3 is 1.82 bits per heavy atom. The van der Waals surface area contributed by atoms with E-state index in [1.807, 2.05) is 22.7 Å². The van der Waals surface area contributed by atoms with Crippen LogP contribution in [-0.4, -0.2) is 0 Å². The van der Waals surface area contributed by atoms with Crippen molar-refractivity contribution >= 4 is 90.9 Å². The van der Waals surface area contributed by atoms with Crippen LogP contribution in [0.4, 0.5) is 17.1 Å². The van der Waals surface area contributed by atoms with Crippen LogP contribution >= 0.6 is 22.7 Å². The van der Waals surface area contributed by atoms with Gasteiger partial charge in [-0.3, -0.25) is 0 Å². The van der Waals surface area contributed by atoms with Crippen LogP contribution in [0.1, 0.15) is 0 Å². The molecule has 55 heavy (non-hydrogen) atoms. The normalized spacial score (nSPS) is 11.6. The van der Waals surface area contributed by atoms with Gasteiger partial charge in [0.2, 0.25) is 0 Å². The van der Waals surface area contributed by atoms with Crippen molar-refractivity contribution in [3.05, 3.63) is 200 Å². The molecule has 2 aromatic heterocycles. The zero-order chi connectivity index (χ0) is 36.3. The number of rotatable bonds is 6. The van der Waals surface area contributed by atoms with Gasteiger partial charge in [0.1, 0.15) is 0 Å². The summed E-state index contributed by atoms with van der Waals surface area (Å²) in [6, 6.07) is 73.3. The minimum Gasteiger partial charge on any atom is -0.309 e. The van der Waals surface area contributed by atoms with Gasteiger partial charge in [-0.15, -0.1) is 22.7 Å². The fourth-order valence-electron chi connectivity index (χ4n) is 8.35. The molecule has 0 saturated carbocycles. The van der Waals surface area contributed by atoms with Gasteiger partial charge in [0.15, 0.2) is 0 Å². The van der Waals surface area contributed by atoms with Crippen molar-refractivity contribution in [2.24, 2.45) is 0 Å². The first-order valence-corrected chi connectivity index (χ1v) is 20.3. The molecule has 11 rings (SSSR count). The van der Waals surface area contributed by atoms with E-state index in [4.69, 9.17) is 0 Å². The van der Waals surface area contributed by atoms with Gasteiger partial charge in [-0.25, -0.2) is 0 Å². The smallest absolute Gasteiger partial charge is 0.0640 e. The maximum Gasteiger partial charge on any atom is 0.0640 e. The molecule has 0 amide bonds. The molecule has 11 aromatic rings. The third-order valence-electron chi connectivity index (χ3n) is 10.9. The van der Waals surface area contributed by atoms with E-state index in [9.17, 15) is 0 Å². The number of hydrogen-bond acceptors (Lipinski definition) is 3. The first-order chi connectivity index (χ1) is 27.3. The van der Waals surface area contributed by atoms with E-state index in [1.165, 1.54) is 90.2 Å². The fraction of sp³-hybridized carbons (Fsp3) is 0. The van der Waals surface area contributed by atoms with Gasteiger partial charge in [0.25, 0.3) is 0 Å². The number of nitrogens with zero attached hydrogens (tertiary/aromatic N) is 1. The molecular weight excluding hydrogens is 703 g/mol. The van der Waals surface area contributed by atoms with E-state index < -0.39 is 0 Å². The van der Waals surface area contributed by atoms with Crippen LogP contribution in [-0.2, 0) is 0 Å². The molecule has 1 nitrogen and oxygen atoms in total. The summed E-state index contributed by atoms with van der Waals surface area (Å²) in [5.74, 6) is 0. The lowest BCUT2D eigenvalue weighted by atomic mass is 9.97. The molecule has 0 N–H and O–H groups in total. The maximum absolute atomic E-state index is 2.46. The molecule has 258 valence electrons. The van der Waals surface area contributed by atoms with Gasteiger partial charge >= 0.3 is 0 Å². The largest absolute Gasteiger partial charge is 0.309 e. The van der Waals surface area contributed by atoms with Gasteiger partial charge in [-0.05, 0) is 86.6 Å². The summed E-state index contributed by atoms with van der Waals surface area (Å²) >= 11 is 3.76. The highest BCUT2D eigenvalue weighted by atomic mass is 32.1. The number of hydrogen-bond donors (Lipinski definition) is 0. The van der Waals surface area contributed by atoms with Crippen molar-refractivity contribution in [2.75, 3.05) is 4.90 Å². The van der Waals surface area contributed by atoms with E-state index in [0.717, 1.165) is 11.4 Å². The van der Waals surface area contributed by atoms with Crippen LogP contribution in [0.25, 0.3) is 84.5 Å². The van der Waals surface area contributed by atoms with E-state index in [-0.39, 0.29) is 0 Å². The Kier molecular flexibility index (Phi) is 7.61. The Hall–Kier alpha value is -6.52. The second-order valence-electron chi connectivity index (χ2n) is 14.0. The molecular formula is C52H33NS2. The van der Waals surface area contributed by atoms with Gasteiger partial charge in [-0.1, -0.05) is 158 Å². The molecule has 9 aromatic carbocycles. The van der Waals surface area contributed by atoms with Crippen molar-refractivity contribution in [1.82, 2.24) is 0 Å². The third-order valence-corrected chi connectivity index (χ3v) is 13.3. The van der Waals surface area contributed by atoms with Crippen LogP contribution in [0.15, 0.2) is 200 Å². The average molecular weight is 736 g/mol. The lowest BCUT2D eigenvalue weighted by molar-refractivity contribution is 1.30. The Morgan fingerprint density at radius 2 is 0.927 bits per heavy atom. The lowest BCUT2D eigenvalue weighted by Gasteiger charge is -2.27. The highest BCUT2D eigenvalue weighted by Crippen LogP contribution is 2.48. The van der Waals surface area contributed by atoms with Gasteiger partial charge in [0.05, 0.1) is 10.4 Å². The molecule has 0 spiro atoms. The predicted octanol–water partition coefficient (Wildman–Crippen LogP) is 16.0. The van der Waals surface area contributed by atoms with Crippen molar-refractivity contribution in [1.29, 1.82) is 0 Å². The van der Waals surface area contributed by atoms with Crippen LogP contribution in [0.2, 0.25) is 0 Å². The molecule has 0 unspecified atom stereocenters. The second kappa shape index (κ2) is 13.1. The number of thiophene rings is 2. The van der Waals surface area contributed by atoms with Gasteiger partial charge in [-0.2, -0.15) is 0 Å². The summed E-state index contributed by atoms with van der Waals surface area (Å²) in [7, 11) is 0. The Balaban J connectivity index is 1.12. The van der Waals surface area contributed by atoms with Crippen molar-refractivity contribution in [3.8, 4) is 33.4 Å². The summed E-state index contributed by atoms with van der Waals surface area (Å²) < 4.78 is 5.23. The standard InChI is InChI=1S/C52H33NS2/c1-2-13-35(14-3-1)43-23-10-24-44-45-25-11-26-47(52(45)55-51(43)44)53(39-18-8-17-37(33-39)41-21-9-16-34-15-4-5-19-40(34)41)38-31-29-36(30-32-38)42-22-12-28-49-50(42)46-20-6-7-27-48(46)54-49/h1-33H. The summed E-state index contributed by atoms with van der Waals surface area (Å²) in [6.45, 7) is 0. The molecule has 0 fully saturated rings. The van der Waals surface area contributed by atoms with Crippen LogP contribution in [0, 0.1) is 0 Å². The first kappa shape index (κ1) is 32.0. The van der Waals surface area contributed by atoms with E-state index in [0.29, 0.717) is 0 Å². The number of benzene rings is 9. The molecule has 3 heteroatoms. The minimum atomic E-state index is 1.12. The number of anilines is 3. The van der Waals surface area contributed by atoms with Gasteiger partial charge in [0, 0.05) is 47.0 Å². The highest BCUT2D eigenvalue weighted by molar-refractivity contribution is 7.27. The second-order valence-corrected chi connectivity index (χ2v) is 16.1. The molecule has 0 saturated heterocycles. The Bertz CT molecular complexity index is 3200. The van der Waals surface area contributed by atoms with E-state index in [1.54, 1.807) is 0 Å². The molecule has 0 aliphatic rings. The monoisotopic (exact) mass is 735 g/mol. The number of fused-ring (bicyclic) bond motifs is 7. The highest BCUT2D eigenvalue weighted by Gasteiger charge is 2.21. The molecule has 0 bridgehead atoms.